The summed E-state index contributed by atoms with van der Waals surface area (Å²) < 4.78 is 0. The van der Waals surface area contributed by atoms with Gasteiger partial charge in [0, 0.05) is 13.6 Å². The first kappa shape index (κ1) is 7.61. The molecular formula is C7H10ClNO. The topological polar surface area (TPSA) is 20.3 Å². The number of likely N-dealkylation sites (N-methyl/N-ethyl adjacent to an activating group) is 1. The molecule has 0 N–H and O–H groups in total. The van der Waals surface area contributed by atoms with Gasteiger partial charge in [-0.3, -0.25) is 4.79 Å². The van der Waals surface area contributed by atoms with Crippen LogP contribution in [0.4, 0.5) is 0 Å². The van der Waals surface area contributed by atoms with Crippen LogP contribution in [0, 0.1) is 0 Å². The zero-order valence-corrected chi connectivity index (χ0v) is 6.69. The summed E-state index contributed by atoms with van der Waals surface area (Å²) in [5, 5.41) is 0.361. The second kappa shape index (κ2) is 3.06. The van der Waals surface area contributed by atoms with E-state index in [-0.39, 0.29) is 5.91 Å². The van der Waals surface area contributed by atoms with Crippen LogP contribution in [0.3, 0.4) is 0 Å². The lowest BCUT2D eigenvalue weighted by Gasteiger charge is -2.12. The third-order valence-corrected chi connectivity index (χ3v) is 1.89. The molecule has 10 heavy (non-hydrogen) atoms. The molecule has 1 heterocycles. The van der Waals surface area contributed by atoms with Crippen LogP contribution >= 0.6 is 11.6 Å². The molecule has 0 aromatic heterocycles. The Morgan fingerprint density at radius 2 is 2.40 bits per heavy atom. The Morgan fingerprint density at radius 3 is 3.10 bits per heavy atom. The first-order valence-electron chi connectivity index (χ1n) is 3.33. The molecule has 3 heteroatoms. The van der Waals surface area contributed by atoms with Crippen molar-refractivity contribution in [1.29, 1.82) is 0 Å². The number of halogens is 1. The molecule has 0 bridgehead atoms. The summed E-state index contributed by atoms with van der Waals surface area (Å²) in [4.78, 5) is 12.7. The van der Waals surface area contributed by atoms with E-state index in [0.29, 0.717) is 5.03 Å². The second-order valence-corrected chi connectivity index (χ2v) is 2.83. The summed E-state index contributed by atoms with van der Waals surface area (Å²) in [6.07, 6.45) is 3.71. The van der Waals surface area contributed by atoms with Crippen LogP contribution < -0.4 is 0 Å². The Hall–Kier alpha value is -0.500. The molecular weight excluding hydrogens is 150 g/mol. The Kier molecular flexibility index (Phi) is 2.33. The van der Waals surface area contributed by atoms with Gasteiger partial charge in [-0.25, -0.2) is 0 Å². The molecule has 0 fully saturated rings. The number of carbonyl (C=O) groups is 1. The van der Waals surface area contributed by atoms with Crippen LogP contribution in [0.25, 0.3) is 0 Å². The number of hydrogen-bond donors (Lipinski definition) is 0. The summed E-state index contributed by atoms with van der Waals surface area (Å²) in [6.45, 7) is 0.811. The number of rotatable bonds is 0. The van der Waals surface area contributed by atoms with Gasteiger partial charge in [0.1, 0.15) is 5.03 Å². The van der Waals surface area contributed by atoms with Crippen LogP contribution in [0.2, 0.25) is 0 Å². The number of carbonyl (C=O) groups excluding carboxylic acids is 1. The van der Waals surface area contributed by atoms with Gasteiger partial charge in [0.2, 0.25) is 0 Å². The van der Waals surface area contributed by atoms with Gasteiger partial charge in [-0.15, -0.1) is 0 Å². The molecule has 0 spiro atoms. The molecule has 0 saturated heterocycles. The monoisotopic (exact) mass is 159 g/mol. The van der Waals surface area contributed by atoms with E-state index in [1.54, 1.807) is 18.0 Å². The van der Waals surface area contributed by atoms with E-state index in [1.165, 1.54) is 0 Å². The van der Waals surface area contributed by atoms with Crippen molar-refractivity contribution in [2.24, 2.45) is 0 Å². The highest BCUT2D eigenvalue weighted by atomic mass is 35.5. The van der Waals surface area contributed by atoms with Gasteiger partial charge in [-0.1, -0.05) is 17.7 Å². The fraction of sp³-hybridized carbons (Fsp3) is 0.571. The van der Waals surface area contributed by atoms with Crippen molar-refractivity contribution in [3.8, 4) is 0 Å². The van der Waals surface area contributed by atoms with Crippen molar-refractivity contribution in [2.75, 3.05) is 13.6 Å². The molecule has 0 aromatic rings. The summed E-state index contributed by atoms with van der Waals surface area (Å²) >= 11 is 5.64. The van der Waals surface area contributed by atoms with Gasteiger partial charge in [0.05, 0.1) is 0 Å². The molecule has 1 rings (SSSR count). The minimum absolute atomic E-state index is 0.0563. The lowest BCUT2D eigenvalue weighted by Crippen LogP contribution is -2.26. The van der Waals surface area contributed by atoms with Crippen molar-refractivity contribution < 1.29 is 4.79 Å². The predicted octanol–water partition coefficient (Wildman–Crippen LogP) is 1.36. The summed E-state index contributed by atoms with van der Waals surface area (Å²) in [7, 11) is 1.77. The smallest absolute Gasteiger partial charge is 0.264 e. The number of nitrogens with zero attached hydrogens (tertiary/aromatic N) is 1. The normalized spacial score (nSPS) is 20.4. The van der Waals surface area contributed by atoms with E-state index in [4.69, 9.17) is 11.6 Å². The molecule has 56 valence electrons. The zero-order chi connectivity index (χ0) is 7.56. The molecule has 0 saturated carbocycles. The molecule has 1 aliphatic rings. The molecule has 0 radical (unpaired) electrons. The van der Waals surface area contributed by atoms with Crippen LogP contribution in [0.5, 0.6) is 0 Å². The average Bonchev–Trinajstić information content (AvgIpc) is 2.04. The first-order chi connectivity index (χ1) is 4.72. The van der Waals surface area contributed by atoms with Gasteiger partial charge in [0.25, 0.3) is 5.91 Å². The number of hydrogen-bond acceptors (Lipinski definition) is 1. The molecule has 1 aliphatic heterocycles. The Bertz CT molecular complexity index is 176. The van der Waals surface area contributed by atoms with E-state index >= 15 is 0 Å². The number of allylic oxidation sites excluding steroid dienone is 1. The SMILES string of the molecule is CN1CCCC=C(Cl)C1=O. The number of amides is 1. The van der Waals surface area contributed by atoms with E-state index in [9.17, 15) is 4.79 Å². The molecule has 0 aliphatic carbocycles. The lowest BCUT2D eigenvalue weighted by atomic mass is 10.3. The van der Waals surface area contributed by atoms with E-state index < -0.39 is 0 Å². The highest BCUT2D eigenvalue weighted by Crippen LogP contribution is 2.12. The van der Waals surface area contributed by atoms with E-state index in [2.05, 4.69) is 0 Å². The van der Waals surface area contributed by atoms with E-state index in [0.717, 1.165) is 19.4 Å². The first-order valence-corrected chi connectivity index (χ1v) is 3.71. The fourth-order valence-corrected chi connectivity index (χ4v) is 1.18. The van der Waals surface area contributed by atoms with Crippen LogP contribution in [0.1, 0.15) is 12.8 Å². The zero-order valence-electron chi connectivity index (χ0n) is 5.93. The van der Waals surface area contributed by atoms with Crippen molar-refractivity contribution in [3.63, 3.8) is 0 Å². The second-order valence-electron chi connectivity index (χ2n) is 2.42. The van der Waals surface area contributed by atoms with Crippen molar-refractivity contribution in [2.45, 2.75) is 12.8 Å². The van der Waals surface area contributed by atoms with Gasteiger partial charge < -0.3 is 4.90 Å². The van der Waals surface area contributed by atoms with Gasteiger partial charge in [-0.2, -0.15) is 0 Å². The fourth-order valence-electron chi connectivity index (χ4n) is 0.928. The molecule has 2 nitrogen and oxygen atoms in total. The maximum atomic E-state index is 11.1. The van der Waals surface area contributed by atoms with Crippen LogP contribution in [-0.4, -0.2) is 24.4 Å². The van der Waals surface area contributed by atoms with Crippen molar-refractivity contribution in [3.05, 3.63) is 11.1 Å². The van der Waals surface area contributed by atoms with Gasteiger partial charge in [0.15, 0.2) is 0 Å². The summed E-state index contributed by atoms with van der Waals surface area (Å²) in [5.74, 6) is -0.0563. The molecule has 1 amide bonds. The highest BCUT2D eigenvalue weighted by Gasteiger charge is 2.14. The Labute approximate surface area is 65.5 Å². The maximum Gasteiger partial charge on any atom is 0.264 e. The van der Waals surface area contributed by atoms with Gasteiger partial charge >= 0.3 is 0 Å². The predicted molar refractivity (Wildman–Crippen MR) is 40.8 cm³/mol. The average molecular weight is 160 g/mol. The summed E-state index contributed by atoms with van der Waals surface area (Å²) in [6, 6.07) is 0. The molecule has 0 unspecified atom stereocenters. The van der Waals surface area contributed by atoms with Crippen LogP contribution in [-0.2, 0) is 4.79 Å². The molecule has 0 atom stereocenters. The molecule has 0 aromatic carbocycles. The third-order valence-electron chi connectivity index (χ3n) is 1.57. The third kappa shape index (κ3) is 1.51. The van der Waals surface area contributed by atoms with Crippen LogP contribution in [0.15, 0.2) is 11.1 Å². The quantitative estimate of drug-likeness (QED) is 0.523. The Balaban J connectivity index is 2.72. The largest absolute Gasteiger partial charge is 0.341 e. The Morgan fingerprint density at radius 1 is 1.70 bits per heavy atom. The minimum atomic E-state index is -0.0563. The minimum Gasteiger partial charge on any atom is -0.341 e. The standard InChI is InChI=1S/C7H10ClNO/c1-9-5-3-2-4-6(8)7(9)10/h4H,2-3,5H2,1H3. The summed E-state index contributed by atoms with van der Waals surface area (Å²) in [5.41, 5.74) is 0. The van der Waals surface area contributed by atoms with Gasteiger partial charge in [-0.05, 0) is 12.8 Å². The highest BCUT2D eigenvalue weighted by molar-refractivity contribution is 6.42. The maximum absolute atomic E-state index is 11.1. The lowest BCUT2D eigenvalue weighted by molar-refractivity contribution is -0.125. The van der Waals surface area contributed by atoms with E-state index in [1.807, 2.05) is 0 Å². The van der Waals surface area contributed by atoms with Crippen molar-refractivity contribution in [1.82, 2.24) is 4.90 Å². The van der Waals surface area contributed by atoms with Crippen molar-refractivity contribution >= 4 is 17.5 Å².